The number of hydrogen-bond donors (Lipinski definition) is 0. The van der Waals surface area contributed by atoms with E-state index in [1.165, 1.54) is 0 Å². The molecule has 0 N–H and O–H groups in total. The van der Waals surface area contributed by atoms with Crippen molar-refractivity contribution in [3.63, 3.8) is 0 Å². The fourth-order valence-corrected chi connectivity index (χ4v) is 1.88. The third kappa shape index (κ3) is 53.6. The second-order valence-electron chi connectivity index (χ2n) is 10.9. The molecular formula is C27H60CoO6. The summed E-state index contributed by atoms with van der Waals surface area (Å²) in [4.78, 5) is 0. The molecule has 0 bridgehead atoms. The Labute approximate surface area is 223 Å². The van der Waals surface area contributed by atoms with Gasteiger partial charge in [-0.15, -0.1) is 0 Å². The van der Waals surface area contributed by atoms with Crippen LogP contribution in [0.2, 0.25) is 0 Å². The Hall–Kier alpha value is 0.266. The van der Waals surface area contributed by atoms with Gasteiger partial charge in [-0.1, -0.05) is 83.1 Å². The third-order valence-corrected chi connectivity index (χ3v) is 3.21. The van der Waals surface area contributed by atoms with Crippen molar-refractivity contribution < 1.29 is 45.2 Å². The van der Waals surface area contributed by atoms with Crippen molar-refractivity contribution in [2.45, 2.75) is 83.1 Å². The van der Waals surface area contributed by atoms with E-state index in [1.807, 2.05) is 0 Å². The van der Waals surface area contributed by atoms with Gasteiger partial charge in [0.05, 0.1) is 39.6 Å². The normalized spacial score (nSPS) is 11.1. The summed E-state index contributed by atoms with van der Waals surface area (Å²) in [5.74, 6) is 3.57. The molecule has 0 aliphatic carbocycles. The van der Waals surface area contributed by atoms with Crippen LogP contribution in [0.15, 0.2) is 0 Å². The van der Waals surface area contributed by atoms with Crippen LogP contribution in [-0.2, 0) is 45.2 Å². The van der Waals surface area contributed by atoms with E-state index < -0.39 is 0 Å². The molecule has 0 aromatic rings. The topological polar surface area (TPSA) is 55.4 Å². The van der Waals surface area contributed by atoms with Crippen molar-refractivity contribution in [2.75, 3.05) is 60.0 Å². The summed E-state index contributed by atoms with van der Waals surface area (Å²) in [5, 5.41) is 0. The van der Waals surface area contributed by atoms with Crippen LogP contribution < -0.4 is 0 Å². The van der Waals surface area contributed by atoms with Gasteiger partial charge in [0.2, 0.25) is 0 Å². The average molecular weight is 540 g/mol. The summed E-state index contributed by atoms with van der Waals surface area (Å²) in [6.07, 6.45) is 0. The van der Waals surface area contributed by atoms with Gasteiger partial charge in [0.25, 0.3) is 0 Å². The van der Waals surface area contributed by atoms with Gasteiger partial charge in [-0.2, -0.15) is 0 Å². The van der Waals surface area contributed by atoms with Crippen LogP contribution in [0.4, 0.5) is 0 Å². The Balaban J connectivity index is -0.000000196. The van der Waals surface area contributed by atoms with Crippen LogP contribution >= 0.6 is 0 Å². The zero-order valence-electron chi connectivity index (χ0n) is 24.6. The van der Waals surface area contributed by atoms with E-state index in [-0.39, 0.29) is 16.8 Å². The molecule has 0 aliphatic rings. The summed E-state index contributed by atoms with van der Waals surface area (Å²) < 4.78 is 31.3. The van der Waals surface area contributed by atoms with E-state index in [1.54, 1.807) is 0 Å². The quantitative estimate of drug-likeness (QED) is 0.140. The summed E-state index contributed by atoms with van der Waals surface area (Å²) in [7, 11) is 0. The van der Waals surface area contributed by atoms with Gasteiger partial charge in [0.15, 0.2) is 0 Å². The Bertz CT molecular complexity index is 268. The van der Waals surface area contributed by atoms with Crippen LogP contribution in [0.1, 0.15) is 83.1 Å². The largest absolute Gasteiger partial charge is 0.355 e. The first-order valence-electron chi connectivity index (χ1n) is 12.8. The van der Waals surface area contributed by atoms with E-state index in [0.29, 0.717) is 55.9 Å². The van der Waals surface area contributed by atoms with Crippen molar-refractivity contribution in [3.8, 4) is 0 Å². The fourth-order valence-electron chi connectivity index (χ4n) is 1.88. The molecule has 6 nitrogen and oxygen atoms in total. The molecule has 0 amide bonds. The second kappa shape index (κ2) is 31.3. The summed E-state index contributed by atoms with van der Waals surface area (Å²) in [5.41, 5.74) is 0. The number of ether oxygens (including phenoxy) is 6. The predicted molar refractivity (Wildman–Crippen MR) is 139 cm³/mol. The molecular weight excluding hydrogens is 479 g/mol. The molecule has 0 saturated carbocycles. The number of rotatable bonds is 18. The molecule has 0 spiro atoms. The van der Waals surface area contributed by atoms with Crippen molar-refractivity contribution in [1.29, 1.82) is 0 Å². The van der Waals surface area contributed by atoms with E-state index in [2.05, 4.69) is 83.1 Å². The van der Waals surface area contributed by atoms with Gasteiger partial charge in [0.1, 0.15) is 20.4 Å². The Morgan fingerprint density at radius 3 is 0.500 bits per heavy atom. The SMILES string of the molecule is CC(C)COCOCC(C)C.CC(C)COCOCC(C)C.CC(C)COCOCC(C)C.[Co]. The fraction of sp³-hybridized carbons (Fsp3) is 1.00. The standard InChI is InChI=1S/3C9H20O2.Co/c3*1-8(2)5-10-7-11-6-9(3)4;/h3*8-9H,5-7H2,1-4H3;. The molecule has 7 heteroatoms. The molecule has 0 atom stereocenters. The Kier molecular flexibility index (Phi) is 38.1. The molecule has 0 aromatic carbocycles. The first-order valence-corrected chi connectivity index (χ1v) is 12.8. The van der Waals surface area contributed by atoms with Gasteiger partial charge in [-0.25, -0.2) is 0 Å². The van der Waals surface area contributed by atoms with Crippen molar-refractivity contribution in [3.05, 3.63) is 0 Å². The first-order chi connectivity index (χ1) is 15.4. The first kappa shape index (κ1) is 41.4. The molecule has 1 radical (unpaired) electrons. The van der Waals surface area contributed by atoms with Crippen LogP contribution in [0.3, 0.4) is 0 Å². The van der Waals surface area contributed by atoms with Gasteiger partial charge < -0.3 is 28.4 Å². The van der Waals surface area contributed by atoms with E-state index in [0.717, 1.165) is 39.6 Å². The second-order valence-corrected chi connectivity index (χ2v) is 10.9. The zero-order chi connectivity index (χ0) is 26.1. The summed E-state index contributed by atoms with van der Waals surface area (Å²) in [6.45, 7) is 31.6. The van der Waals surface area contributed by atoms with Gasteiger partial charge >= 0.3 is 0 Å². The number of hydrogen-bond acceptors (Lipinski definition) is 6. The Morgan fingerprint density at radius 2 is 0.412 bits per heavy atom. The van der Waals surface area contributed by atoms with Crippen molar-refractivity contribution >= 4 is 0 Å². The van der Waals surface area contributed by atoms with E-state index >= 15 is 0 Å². The molecule has 213 valence electrons. The summed E-state index contributed by atoms with van der Waals surface area (Å²) in [6, 6.07) is 0. The van der Waals surface area contributed by atoms with Crippen LogP contribution in [-0.4, -0.2) is 60.0 Å². The molecule has 0 aliphatic heterocycles. The van der Waals surface area contributed by atoms with Gasteiger partial charge in [-0.3, -0.25) is 0 Å². The van der Waals surface area contributed by atoms with Crippen molar-refractivity contribution in [2.24, 2.45) is 35.5 Å². The van der Waals surface area contributed by atoms with Crippen LogP contribution in [0.25, 0.3) is 0 Å². The maximum Gasteiger partial charge on any atom is 0.146 e. The average Bonchev–Trinajstić information content (AvgIpc) is 2.67. The molecule has 0 rings (SSSR count). The maximum atomic E-state index is 5.22. The van der Waals surface area contributed by atoms with Gasteiger partial charge in [-0.05, 0) is 35.5 Å². The molecule has 0 fully saturated rings. The smallest absolute Gasteiger partial charge is 0.146 e. The molecule has 0 saturated heterocycles. The molecule has 0 heterocycles. The van der Waals surface area contributed by atoms with Crippen LogP contribution in [0.5, 0.6) is 0 Å². The van der Waals surface area contributed by atoms with E-state index in [4.69, 9.17) is 28.4 Å². The zero-order valence-corrected chi connectivity index (χ0v) is 25.7. The van der Waals surface area contributed by atoms with E-state index in [9.17, 15) is 0 Å². The minimum absolute atomic E-state index is 0. The third-order valence-electron chi connectivity index (χ3n) is 3.21. The summed E-state index contributed by atoms with van der Waals surface area (Å²) >= 11 is 0. The molecule has 34 heavy (non-hydrogen) atoms. The predicted octanol–water partition coefficient (Wildman–Crippen LogP) is 6.86. The maximum absolute atomic E-state index is 5.22. The monoisotopic (exact) mass is 539 g/mol. The molecule has 0 aromatic heterocycles. The Morgan fingerprint density at radius 1 is 0.294 bits per heavy atom. The molecule has 0 unspecified atom stereocenters. The van der Waals surface area contributed by atoms with Crippen molar-refractivity contribution in [1.82, 2.24) is 0 Å². The van der Waals surface area contributed by atoms with Crippen LogP contribution in [0, 0.1) is 35.5 Å². The minimum Gasteiger partial charge on any atom is -0.355 e. The minimum atomic E-state index is 0. The van der Waals surface area contributed by atoms with Gasteiger partial charge in [0, 0.05) is 16.8 Å².